The van der Waals surface area contributed by atoms with E-state index >= 15 is 0 Å². The van der Waals surface area contributed by atoms with Crippen LogP contribution in [0.4, 0.5) is 0 Å². The minimum Gasteiger partial charge on any atom is -0.451 e. The number of piperidine rings is 1. The van der Waals surface area contributed by atoms with E-state index in [0.29, 0.717) is 5.69 Å². The summed E-state index contributed by atoms with van der Waals surface area (Å²) in [7, 11) is 0. The monoisotopic (exact) mass is 180 g/mol. The van der Waals surface area contributed by atoms with Gasteiger partial charge in [0, 0.05) is 13.1 Å². The number of rotatable bonds is 1. The Bertz CT molecular complexity index is 276. The molecule has 0 radical (unpaired) electrons. The first-order valence-electron chi connectivity index (χ1n) is 4.55. The molecule has 1 amide bonds. The molecule has 0 aromatic carbocycles. The van der Waals surface area contributed by atoms with E-state index < -0.39 is 0 Å². The first-order valence-corrected chi connectivity index (χ1v) is 4.55. The summed E-state index contributed by atoms with van der Waals surface area (Å²) in [5.74, 6) is -0.00606. The number of likely N-dealkylation sites (tertiary alicyclic amines) is 1. The molecule has 0 N–H and O–H groups in total. The van der Waals surface area contributed by atoms with E-state index in [1.807, 2.05) is 4.90 Å². The highest BCUT2D eigenvalue weighted by Crippen LogP contribution is 2.11. The van der Waals surface area contributed by atoms with Gasteiger partial charge in [-0.1, -0.05) is 0 Å². The molecule has 70 valence electrons. The van der Waals surface area contributed by atoms with Gasteiger partial charge >= 0.3 is 0 Å². The number of nitrogens with zero attached hydrogens (tertiary/aromatic N) is 2. The van der Waals surface area contributed by atoms with Crippen molar-refractivity contribution in [2.45, 2.75) is 19.3 Å². The minimum absolute atomic E-state index is 0.00606. The highest BCUT2D eigenvalue weighted by Gasteiger charge is 2.19. The normalized spacial score (nSPS) is 17.4. The molecule has 2 heterocycles. The van der Waals surface area contributed by atoms with Crippen molar-refractivity contribution in [1.29, 1.82) is 0 Å². The second-order valence-corrected chi connectivity index (χ2v) is 3.23. The van der Waals surface area contributed by atoms with Crippen LogP contribution in [-0.2, 0) is 0 Å². The van der Waals surface area contributed by atoms with Gasteiger partial charge in [-0.3, -0.25) is 4.79 Å². The van der Waals surface area contributed by atoms with Crippen LogP contribution in [0.5, 0.6) is 0 Å². The predicted octanol–water partition coefficient (Wildman–Crippen LogP) is 1.30. The number of oxazole rings is 1. The molecule has 1 aliphatic rings. The summed E-state index contributed by atoms with van der Waals surface area (Å²) in [6, 6.07) is 0. The van der Waals surface area contributed by atoms with Crippen molar-refractivity contribution >= 4 is 5.91 Å². The van der Waals surface area contributed by atoms with E-state index in [-0.39, 0.29) is 5.91 Å². The quantitative estimate of drug-likeness (QED) is 0.654. The lowest BCUT2D eigenvalue weighted by Crippen LogP contribution is -2.35. The lowest BCUT2D eigenvalue weighted by Gasteiger charge is -2.25. The molecule has 0 bridgehead atoms. The molecule has 0 aliphatic carbocycles. The average Bonchev–Trinajstić information content (AvgIpc) is 2.71. The third-order valence-corrected chi connectivity index (χ3v) is 2.29. The van der Waals surface area contributed by atoms with Gasteiger partial charge in [0.1, 0.15) is 6.26 Å². The average molecular weight is 180 g/mol. The largest absolute Gasteiger partial charge is 0.451 e. The maximum Gasteiger partial charge on any atom is 0.275 e. The summed E-state index contributed by atoms with van der Waals surface area (Å²) in [4.78, 5) is 17.3. The van der Waals surface area contributed by atoms with E-state index in [1.54, 1.807) is 0 Å². The van der Waals surface area contributed by atoms with Crippen LogP contribution in [0, 0.1) is 0 Å². The Kier molecular flexibility index (Phi) is 2.29. The van der Waals surface area contributed by atoms with E-state index in [1.165, 1.54) is 19.1 Å². The Morgan fingerprint density at radius 1 is 1.38 bits per heavy atom. The number of carbonyl (C=O) groups is 1. The summed E-state index contributed by atoms with van der Waals surface area (Å²) in [6.07, 6.45) is 6.11. The lowest BCUT2D eigenvalue weighted by atomic mass is 10.1. The zero-order valence-electron chi connectivity index (χ0n) is 7.40. The Balaban J connectivity index is 2.04. The predicted molar refractivity (Wildman–Crippen MR) is 46.3 cm³/mol. The molecule has 0 atom stereocenters. The molecule has 1 aromatic rings. The topological polar surface area (TPSA) is 46.3 Å². The third kappa shape index (κ3) is 1.71. The van der Waals surface area contributed by atoms with Crippen LogP contribution in [0.15, 0.2) is 17.1 Å². The third-order valence-electron chi connectivity index (χ3n) is 2.29. The van der Waals surface area contributed by atoms with Gasteiger partial charge in [0.05, 0.1) is 0 Å². The van der Waals surface area contributed by atoms with Crippen LogP contribution in [0.2, 0.25) is 0 Å². The number of hydrogen-bond acceptors (Lipinski definition) is 3. The first kappa shape index (κ1) is 8.29. The van der Waals surface area contributed by atoms with Crippen molar-refractivity contribution in [2.75, 3.05) is 13.1 Å². The number of hydrogen-bond donors (Lipinski definition) is 0. The zero-order chi connectivity index (χ0) is 9.10. The van der Waals surface area contributed by atoms with Crippen molar-refractivity contribution in [1.82, 2.24) is 9.88 Å². The molecule has 4 heteroatoms. The van der Waals surface area contributed by atoms with Gasteiger partial charge in [0.25, 0.3) is 5.91 Å². The van der Waals surface area contributed by atoms with Crippen LogP contribution in [0.1, 0.15) is 29.8 Å². The first-order chi connectivity index (χ1) is 6.38. The highest BCUT2D eigenvalue weighted by molar-refractivity contribution is 5.91. The molecular formula is C9H12N2O2. The molecule has 1 aliphatic heterocycles. The van der Waals surface area contributed by atoms with Crippen molar-refractivity contribution in [2.24, 2.45) is 0 Å². The lowest BCUT2D eigenvalue weighted by molar-refractivity contribution is 0.0718. The summed E-state index contributed by atoms with van der Waals surface area (Å²) in [5.41, 5.74) is 0.418. The Hall–Kier alpha value is -1.32. The fraction of sp³-hybridized carbons (Fsp3) is 0.556. The molecule has 13 heavy (non-hydrogen) atoms. The summed E-state index contributed by atoms with van der Waals surface area (Å²) in [6.45, 7) is 1.71. The van der Waals surface area contributed by atoms with Crippen LogP contribution in [0.3, 0.4) is 0 Å². The Morgan fingerprint density at radius 3 is 2.77 bits per heavy atom. The fourth-order valence-corrected chi connectivity index (χ4v) is 1.58. The SMILES string of the molecule is O=C(c1cocn1)N1CCCCC1. The number of carbonyl (C=O) groups excluding carboxylic acids is 1. The van der Waals surface area contributed by atoms with Gasteiger partial charge in [0.2, 0.25) is 0 Å². The molecule has 1 aromatic heterocycles. The molecule has 0 spiro atoms. The second kappa shape index (κ2) is 3.60. The maximum atomic E-state index is 11.7. The van der Waals surface area contributed by atoms with Gasteiger partial charge in [-0.25, -0.2) is 4.98 Å². The molecule has 1 fully saturated rings. The van der Waals surface area contributed by atoms with E-state index in [2.05, 4.69) is 4.98 Å². The van der Waals surface area contributed by atoms with Crippen molar-refractivity contribution in [3.63, 3.8) is 0 Å². The summed E-state index contributed by atoms with van der Waals surface area (Å²) >= 11 is 0. The van der Waals surface area contributed by atoms with Gasteiger partial charge in [-0.15, -0.1) is 0 Å². The number of aromatic nitrogens is 1. The van der Waals surface area contributed by atoms with E-state index in [0.717, 1.165) is 25.9 Å². The summed E-state index contributed by atoms with van der Waals surface area (Å²) in [5, 5.41) is 0. The van der Waals surface area contributed by atoms with Crippen molar-refractivity contribution in [3.05, 3.63) is 18.4 Å². The molecular weight excluding hydrogens is 168 g/mol. The molecule has 4 nitrogen and oxygen atoms in total. The van der Waals surface area contributed by atoms with Crippen LogP contribution in [-0.4, -0.2) is 28.9 Å². The van der Waals surface area contributed by atoms with Crippen molar-refractivity contribution < 1.29 is 9.21 Å². The Morgan fingerprint density at radius 2 is 2.15 bits per heavy atom. The number of amides is 1. The molecule has 0 unspecified atom stereocenters. The maximum absolute atomic E-state index is 11.7. The van der Waals surface area contributed by atoms with Crippen LogP contribution < -0.4 is 0 Å². The summed E-state index contributed by atoms with van der Waals surface area (Å²) < 4.78 is 4.77. The van der Waals surface area contributed by atoms with Gasteiger partial charge in [-0.05, 0) is 19.3 Å². The molecule has 1 saturated heterocycles. The molecule has 0 saturated carbocycles. The highest BCUT2D eigenvalue weighted by atomic mass is 16.3. The van der Waals surface area contributed by atoms with Gasteiger partial charge in [-0.2, -0.15) is 0 Å². The zero-order valence-corrected chi connectivity index (χ0v) is 7.40. The van der Waals surface area contributed by atoms with Crippen LogP contribution in [0.25, 0.3) is 0 Å². The van der Waals surface area contributed by atoms with Gasteiger partial charge < -0.3 is 9.32 Å². The Labute approximate surface area is 76.6 Å². The van der Waals surface area contributed by atoms with Crippen LogP contribution >= 0.6 is 0 Å². The smallest absolute Gasteiger partial charge is 0.275 e. The fourth-order valence-electron chi connectivity index (χ4n) is 1.58. The minimum atomic E-state index is -0.00606. The molecule has 2 rings (SSSR count). The standard InChI is InChI=1S/C9H12N2O2/c12-9(8-6-13-7-10-8)11-4-2-1-3-5-11/h6-7H,1-5H2. The second-order valence-electron chi connectivity index (χ2n) is 3.23. The van der Waals surface area contributed by atoms with Crippen molar-refractivity contribution in [3.8, 4) is 0 Å². The van der Waals surface area contributed by atoms with E-state index in [4.69, 9.17) is 4.42 Å². The van der Waals surface area contributed by atoms with E-state index in [9.17, 15) is 4.79 Å². The van der Waals surface area contributed by atoms with Gasteiger partial charge in [0.15, 0.2) is 12.1 Å².